The van der Waals surface area contributed by atoms with E-state index in [4.69, 9.17) is 4.74 Å². The molecule has 2 aliphatic rings. The molecule has 27 heavy (non-hydrogen) atoms. The first-order valence-electron chi connectivity index (χ1n) is 9.97. The van der Waals surface area contributed by atoms with Crippen LogP contribution >= 0.6 is 0 Å². The van der Waals surface area contributed by atoms with Crippen LogP contribution in [-0.2, 0) is 4.74 Å². The Kier molecular flexibility index (Phi) is 5.72. The number of aromatic nitrogens is 2. The third kappa shape index (κ3) is 4.50. The van der Waals surface area contributed by atoms with Crippen molar-refractivity contribution in [1.29, 1.82) is 0 Å². The lowest BCUT2D eigenvalue weighted by Gasteiger charge is -2.33. The van der Waals surface area contributed by atoms with E-state index in [9.17, 15) is 4.79 Å². The smallest absolute Gasteiger partial charge is 0.317 e. The number of nitrogens with one attached hydrogen (secondary N) is 2. The number of H-pyrrole nitrogens is 1. The van der Waals surface area contributed by atoms with Crippen molar-refractivity contribution in [2.24, 2.45) is 5.92 Å². The van der Waals surface area contributed by atoms with Gasteiger partial charge in [0.25, 0.3) is 0 Å². The minimum absolute atomic E-state index is 0.0226. The fourth-order valence-corrected chi connectivity index (χ4v) is 4.19. The van der Waals surface area contributed by atoms with E-state index in [1.165, 1.54) is 0 Å². The first-order valence-corrected chi connectivity index (χ1v) is 9.97. The second-order valence-electron chi connectivity index (χ2n) is 7.64. The SMILES string of the molecule is O=C(NC(CC1CCOC1)c1ccccc1)N1CCCC(c2ncc[nH]2)C1. The maximum absolute atomic E-state index is 13.0. The molecule has 3 heterocycles. The molecule has 0 radical (unpaired) electrons. The van der Waals surface area contributed by atoms with Crippen molar-refractivity contribution in [3.63, 3.8) is 0 Å². The third-order valence-electron chi connectivity index (χ3n) is 5.71. The highest BCUT2D eigenvalue weighted by atomic mass is 16.5. The number of amides is 2. The Balaban J connectivity index is 1.42. The number of hydrogen-bond acceptors (Lipinski definition) is 3. The molecule has 1 aromatic carbocycles. The summed E-state index contributed by atoms with van der Waals surface area (Å²) in [6.45, 7) is 3.14. The lowest BCUT2D eigenvalue weighted by molar-refractivity contribution is 0.168. The molecule has 3 unspecified atom stereocenters. The Hall–Kier alpha value is -2.34. The first kappa shape index (κ1) is 18.0. The number of benzene rings is 1. The van der Waals surface area contributed by atoms with Gasteiger partial charge in [-0.1, -0.05) is 30.3 Å². The molecular weight excluding hydrogens is 340 g/mol. The van der Waals surface area contributed by atoms with Gasteiger partial charge in [0, 0.05) is 44.6 Å². The number of imidazole rings is 1. The molecule has 2 fully saturated rings. The number of likely N-dealkylation sites (tertiary alicyclic amines) is 1. The van der Waals surface area contributed by atoms with Gasteiger partial charge in [0.2, 0.25) is 0 Å². The van der Waals surface area contributed by atoms with Crippen molar-refractivity contribution in [2.45, 2.75) is 37.6 Å². The lowest BCUT2D eigenvalue weighted by Crippen LogP contribution is -2.46. The molecular formula is C21H28N4O2. The van der Waals surface area contributed by atoms with E-state index in [1.54, 1.807) is 6.20 Å². The van der Waals surface area contributed by atoms with Crippen LogP contribution in [0, 0.1) is 5.92 Å². The van der Waals surface area contributed by atoms with Gasteiger partial charge in [0.1, 0.15) is 5.82 Å². The van der Waals surface area contributed by atoms with Crippen LogP contribution in [0.2, 0.25) is 0 Å². The van der Waals surface area contributed by atoms with Crippen LogP contribution in [0.3, 0.4) is 0 Å². The first-order chi connectivity index (χ1) is 13.3. The van der Waals surface area contributed by atoms with Gasteiger partial charge >= 0.3 is 6.03 Å². The zero-order chi connectivity index (χ0) is 18.5. The van der Waals surface area contributed by atoms with Gasteiger partial charge in [-0.05, 0) is 37.2 Å². The van der Waals surface area contributed by atoms with E-state index < -0.39 is 0 Å². The van der Waals surface area contributed by atoms with Gasteiger partial charge in [-0.3, -0.25) is 0 Å². The van der Waals surface area contributed by atoms with Crippen LogP contribution in [0.5, 0.6) is 0 Å². The molecule has 6 heteroatoms. The van der Waals surface area contributed by atoms with Crippen LogP contribution in [0.1, 0.15) is 49.0 Å². The number of ether oxygens (including phenoxy) is 1. The number of urea groups is 1. The maximum Gasteiger partial charge on any atom is 0.317 e. The van der Waals surface area contributed by atoms with Crippen LogP contribution < -0.4 is 5.32 Å². The highest BCUT2D eigenvalue weighted by Gasteiger charge is 2.29. The molecule has 0 aliphatic carbocycles. The number of nitrogens with zero attached hydrogens (tertiary/aromatic N) is 2. The monoisotopic (exact) mass is 368 g/mol. The number of aromatic amines is 1. The summed E-state index contributed by atoms with van der Waals surface area (Å²) in [5.41, 5.74) is 1.16. The van der Waals surface area contributed by atoms with E-state index in [0.29, 0.717) is 12.5 Å². The van der Waals surface area contributed by atoms with Crippen molar-refractivity contribution in [2.75, 3.05) is 26.3 Å². The number of piperidine rings is 1. The van der Waals surface area contributed by atoms with Crippen LogP contribution in [-0.4, -0.2) is 47.2 Å². The molecule has 2 N–H and O–H groups in total. The number of carbonyl (C=O) groups is 1. The Morgan fingerprint density at radius 3 is 2.96 bits per heavy atom. The zero-order valence-corrected chi connectivity index (χ0v) is 15.6. The molecule has 4 rings (SSSR count). The summed E-state index contributed by atoms with van der Waals surface area (Å²) in [4.78, 5) is 22.5. The fourth-order valence-electron chi connectivity index (χ4n) is 4.19. The quantitative estimate of drug-likeness (QED) is 0.849. The molecule has 1 aromatic heterocycles. The van der Waals surface area contributed by atoms with Gasteiger partial charge in [0.15, 0.2) is 0 Å². The molecule has 0 saturated carbocycles. The largest absolute Gasteiger partial charge is 0.381 e. The van der Waals surface area contributed by atoms with Crippen LogP contribution in [0.4, 0.5) is 4.79 Å². The van der Waals surface area contributed by atoms with E-state index in [2.05, 4.69) is 27.4 Å². The molecule has 2 aromatic rings. The Labute approximate surface area is 160 Å². The van der Waals surface area contributed by atoms with Crippen molar-refractivity contribution in [3.05, 3.63) is 54.1 Å². The predicted octanol–water partition coefficient (Wildman–Crippen LogP) is 3.47. The standard InChI is InChI=1S/C21H28N4O2/c26-21(25-11-4-7-18(14-25)20-22-9-10-23-20)24-19(13-16-8-12-27-15-16)17-5-2-1-3-6-17/h1-3,5-6,9-10,16,18-19H,4,7-8,11-15H2,(H,22,23)(H,24,26). The molecule has 2 aliphatic heterocycles. The van der Waals surface area contributed by atoms with Crippen molar-refractivity contribution < 1.29 is 9.53 Å². The molecule has 3 atom stereocenters. The molecule has 6 nitrogen and oxygen atoms in total. The predicted molar refractivity (Wildman–Crippen MR) is 103 cm³/mol. The number of rotatable bonds is 5. The fraction of sp³-hybridized carbons (Fsp3) is 0.524. The highest BCUT2D eigenvalue weighted by Crippen LogP contribution is 2.28. The number of hydrogen-bond donors (Lipinski definition) is 2. The van der Waals surface area contributed by atoms with E-state index in [0.717, 1.165) is 56.8 Å². The van der Waals surface area contributed by atoms with Gasteiger partial charge in [-0.25, -0.2) is 9.78 Å². The summed E-state index contributed by atoms with van der Waals surface area (Å²) in [5, 5.41) is 3.30. The topological polar surface area (TPSA) is 70.2 Å². The lowest BCUT2D eigenvalue weighted by atomic mass is 9.94. The third-order valence-corrected chi connectivity index (χ3v) is 5.71. The summed E-state index contributed by atoms with van der Waals surface area (Å²) in [6, 6.07) is 10.3. The van der Waals surface area contributed by atoms with Crippen molar-refractivity contribution in [3.8, 4) is 0 Å². The molecule has 2 saturated heterocycles. The van der Waals surface area contributed by atoms with Crippen LogP contribution in [0.25, 0.3) is 0 Å². The van der Waals surface area contributed by atoms with Gasteiger partial charge < -0.3 is 19.9 Å². The Bertz CT molecular complexity index is 713. The van der Waals surface area contributed by atoms with Gasteiger partial charge in [-0.15, -0.1) is 0 Å². The minimum Gasteiger partial charge on any atom is -0.381 e. The average molecular weight is 368 g/mol. The van der Waals surface area contributed by atoms with Crippen molar-refractivity contribution in [1.82, 2.24) is 20.2 Å². The second kappa shape index (κ2) is 8.57. The summed E-state index contributed by atoms with van der Waals surface area (Å²) in [5.74, 6) is 1.78. The Morgan fingerprint density at radius 2 is 2.22 bits per heavy atom. The summed E-state index contributed by atoms with van der Waals surface area (Å²) in [7, 11) is 0. The second-order valence-corrected chi connectivity index (χ2v) is 7.64. The highest BCUT2D eigenvalue weighted by molar-refractivity contribution is 5.75. The van der Waals surface area contributed by atoms with E-state index in [1.807, 2.05) is 29.3 Å². The summed E-state index contributed by atoms with van der Waals surface area (Å²) in [6.07, 6.45) is 7.70. The Morgan fingerprint density at radius 1 is 1.33 bits per heavy atom. The van der Waals surface area contributed by atoms with Gasteiger partial charge in [-0.2, -0.15) is 0 Å². The minimum atomic E-state index is 0.0226. The molecule has 0 bridgehead atoms. The number of carbonyl (C=O) groups excluding carboxylic acids is 1. The summed E-state index contributed by atoms with van der Waals surface area (Å²) < 4.78 is 5.54. The van der Waals surface area contributed by atoms with E-state index >= 15 is 0 Å². The molecule has 144 valence electrons. The maximum atomic E-state index is 13.0. The van der Waals surface area contributed by atoms with Crippen molar-refractivity contribution >= 4 is 6.03 Å². The summed E-state index contributed by atoms with van der Waals surface area (Å²) >= 11 is 0. The normalized spacial score (nSPS) is 23.9. The zero-order valence-electron chi connectivity index (χ0n) is 15.6. The average Bonchev–Trinajstić information content (AvgIpc) is 3.42. The van der Waals surface area contributed by atoms with Crippen LogP contribution in [0.15, 0.2) is 42.7 Å². The molecule has 2 amide bonds. The van der Waals surface area contributed by atoms with Gasteiger partial charge in [0.05, 0.1) is 6.04 Å². The molecule has 0 spiro atoms. The van der Waals surface area contributed by atoms with E-state index in [-0.39, 0.29) is 18.0 Å².